The maximum atomic E-state index is 13.7. The Morgan fingerprint density at radius 3 is 2.37 bits per heavy atom. The van der Waals surface area contributed by atoms with Crippen molar-refractivity contribution in [2.45, 2.75) is 31.2 Å². The van der Waals surface area contributed by atoms with Crippen molar-refractivity contribution in [1.29, 1.82) is 0 Å². The van der Waals surface area contributed by atoms with Crippen LogP contribution in [0.5, 0.6) is 0 Å². The monoisotopic (exact) mass is 514 g/mol. The number of nitrogens with zero attached hydrogens (tertiary/aromatic N) is 1. The van der Waals surface area contributed by atoms with Crippen molar-refractivity contribution in [2.75, 3.05) is 17.5 Å². The average molecular weight is 515 g/mol. The molecule has 0 aromatic heterocycles. The third kappa shape index (κ3) is 7.31. The molecule has 3 rings (SSSR count). The molecule has 7 nitrogen and oxygen atoms in total. The van der Waals surface area contributed by atoms with E-state index in [0.29, 0.717) is 17.3 Å². The van der Waals surface area contributed by atoms with E-state index in [2.05, 4.69) is 5.32 Å². The summed E-state index contributed by atoms with van der Waals surface area (Å²) in [6.45, 7) is 2.14. The zero-order chi connectivity index (χ0) is 25.3. The van der Waals surface area contributed by atoms with Gasteiger partial charge in [-0.05, 0) is 54.4 Å². The molecule has 0 unspecified atom stereocenters. The van der Waals surface area contributed by atoms with E-state index in [-0.39, 0.29) is 17.0 Å². The fourth-order valence-corrected chi connectivity index (χ4v) is 4.88. The summed E-state index contributed by atoms with van der Waals surface area (Å²) < 4.78 is 33.7. The van der Waals surface area contributed by atoms with Gasteiger partial charge in [0, 0.05) is 11.6 Å². The molecule has 0 spiro atoms. The van der Waals surface area contributed by atoms with Gasteiger partial charge in [0.05, 0.1) is 22.7 Å². The number of carbonyl (C=O) groups is 2. The van der Waals surface area contributed by atoms with E-state index < -0.39 is 28.5 Å². The summed E-state index contributed by atoms with van der Waals surface area (Å²) in [7, 11) is -4.06. The molecule has 0 fully saturated rings. The quantitative estimate of drug-likeness (QED) is 0.293. The molecule has 3 aromatic rings. The third-order valence-corrected chi connectivity index (χ3v) is 7.15. The molecular weight excluding hydrogens is 488 g/mol. The predicted molar refractivity (Wildman–Crippen MR) is 136 cm³/mol. The summed E-state index contributed by atoms with van der Waals surface area (Å²) in [5.74, 6) is -1.19. The van der Waals surface area contributed by atoms with Crippen LogP contribution < -0.4 is 9.62 Å². The Labute approximate surface area is 210 Å². The number of hydrogen-bond acceptors (Lipinski definition) is 5. The SMILES string of the molecule is CCCCNC(=O)COC(=O)c1cccc(S(=O)(=O)N(Cc2ccccc2)c2ccc(Cl)cc2)c1. The summed E-state index contributed by atoms with van der Waals surface area (Å²) in [6.07, 6.45) is 1.76. The molecule has 9 heteroatoms. The zero-order valence-corrected chi connectivity index (χ0v) is 20.9. The first-order valence-corrected chi connectivity index (χ1v) is 13.0. The molecule has 1 amide bonds. The topological polar surface area (TPSA) is 92.8 Å². The lowest BCUT2D eigenvalue weighted by molar-refractivity contribution is -0.124. The normalized spacial score (nSPS) is 11.0. The van der Waals surface area contributed by atoms with Crippen LogP contribution in [0.2, 0.25) is 5.02 Å². The molecular formula is C26H27ClN2O5S. The van der Waals surface area contributed by atoms with Gasteiger partial charge in [-0.3, -0.25) is 9.10 Å². The zero-order valence-electron chi connectivity index (χ0n) is 19.3. The number of esters is 1. The Bertz CT molecular complexity index is 1250. The fourth-order valence-electron chi connectivity index (χ4n) is 3.25. The van der Waals surface area contributed by atoms with Crippen molar-refractivity contribution in [3.05, 3.63) is 95.0 Å². The van der Waals surface area contributed by atoms with Crippen molar-refractivity contribution >= 4 is 39.2 Å². The second kappa shape index (κ2) is 12.4. The number of rotatable bonds is 11. The van der Waals surface area contributed by atoms with Crippen molar-refractivity contribution < 1.29 is 22.7 Å². The first kappa shape index (κ1) is 26.2. The number of halogens is 1. The summed E-state index contributed by atoms with van der Waals surface area (Å²) >= 11 is 6.00. The highest BCUT2D eigenvalue weighted by molar-refractivity contribution is 7.92. The highest BCUT2D eigenvalue weighted by Gasteiger charge is 2.26. The smallest absolute Gasteiger partial charge is 0.338 e. The highest BCUT2D eigenvalue weighted by Crippen LogP contribution is 2.28. The van der Waals surface area contributed by atoms with E-state index in [1.54, 1.807) is 24.3 Å². The predicted octanol–water partition coefficient (Wildman–Crippen LogP) is 4.81. The number of anilines is 1. The van der Waals surface area contributed by atoms with Crippen LogP contribution in [0.25, 0.3) is 0 Å². The van der Waals surface area contributed by atoms with Crippen LogP contribution in [0.15, 0.2) is 83.8 Å². The number of amides is 1. The molecule has 0 radical (unpaired) electrons. The number of carbonyl (C=O) groups excluding carboxylic acids is 2. The Morgan fingerprint density at radius 2 is 1.69 bits per heavy atom. The lowest BCUT2D eigenvalue weighted by atomic mass is 10.2. The molecule has 0 aliphatic carbocycles. The fraction of sp³-hybridized carbons (Fsp3) is 0.231. The molecule has 0 heterocycles. The van der Waals surface area contributed by atoms with E-state index in [1.165, 1.54) is 28.6 Å². The van der Waals surface area contributed by atoms with Crippen molar-refractivity contribution in [3.63, 3.8) is 0 Å². The molecule has 0 saturated carbocycles. The van der Waals surface area contributed by atoms with Gasteiger partial charge in [0.2, 0.25) is 0 Å². The summed E-state index contributed by atoms with van der Waals surface area (Å²) in [5.41, 5.74) is 1.24. The van der Waals surface area contributed by atoms with E-state index in [9.17, 15) is 18.0 Å². The molecule has 35 heavy (non-hydrogen) atoms. The second-order valence-electron chi connectivity index (χ2n) is 7.78. The average Bonchev–Trinajstić information content (AvgIpc) is 2.87. The maximum Gasteiger partial charge on any atom is 0.338 e. The maximum absolute atomic E-state index is 13.7. The molecule has 0 aliphatic heterocycles. The van der Waals surface area contributed by atoms with E-state index in [4.69, 9.17) is 16.3 Å². The molecule has 0 bridgehead atoms. The number of unbranched alkanes of at least 4 members (excludes halogenated alkanes) is 1. The molecule has 0 saturated heterocycles. The minimum absolute atomic E-state index is 0.0307. The first-order chi connectivity index (χ1) is 16.8. The summed E-state index contributed by atoms with van der Waals surface area (Å²) in [4.78, 5) is 24.2. The van der Waals surface area contributed by atoms with E-state index >= 15 is 0 Å². The number of sulfonamides is 1. The van der Waals surface area contributed by atoms with E-state index in [0.717, 1.165) is 18.4 Å². The van der Waals surface area contributed by atoms with Gasteiger partial charge in [0.25, 0.3) is 15.9 Å². The van der Waals surface area contributed by atoms with Crippen molar-refractivity contribution in [2.24, 2.45) is 0 Å². The van der Waals surface area contributed by atoms with Crippen LogP contribution in [0, 0.1) is 0 Å². The van der Waals surface area contributed by atoms with Gasteiger partial charge >= 0.3 is 5.97 Å². The summed E-state index contributed by atoms with van der Waals surface area (Å²) in [6, 6.07) is 21.2. The van der Waals surface area contributed by atoms with Crippen LogP contribution in [-0.2, 0) is 26.1 Å². The lowest BCUT2D eigenvalue weighted by Gasteiger charge is -2.25. The molecule has 0 atom stereocenters. The number of nitrogens with one attached hydrogen (secondary N) is 1. The Hall–Kier alpha value is -3.36. The van der Waals surface area contributed by atoms with Gasteiger partial charge in [-0.15, -0.1) is 0 Å². The van der Waals surface area contributed by atoms with Crippen molar-refractivity contribution in [1.82, 2.24) is 5.32 Å². The van der Waals surface area contributed by atoms with Crippen LogP contribution >= 0.6 is 11.6 Å². The van der Waals surface area contributed by atoms with Crippen LogP contribution in [-0.4, -0.2) is 33.4 Å². The minimum atomic E-state index is -4.06. The van der Waals surface area contributed by atoms with Crippen LogP contribution in [0.1, 0.15) is 35.7 Å². The van der Waals surface area contributed by atoms with Gasteiger partial charge in [0.1, 0.15) is 0 Å². The number of ether oxygens (including phenoxy) is 1. The molecule has 0 aliphatic rings. The first-order valence-electron chi connectivity index (χ1n) is 11.2. The minimum Gasteiger partial charge on any atom is -0.452 e. The van der Waals surface area contributed by atoms with Gasteiger partial charge in [-0.25, -0.2) is 13.2 Å². The van der Waals surface area contributed by atoms with Crippen LogP contribution in [0.4, 0.5) is 5.69 Å². The second-order valence-corrected chi connectivity index (χ2v) is 10.1. The Balaban J connectivity index is 1.84. The van der Waals surface area contributed by atoms with Gasteiger partial charge in [0.15, 0.2) is 6.61 Å². The largest absolute Gasteiger partial charge is 0.452 e. The number of benzene rings is 3. The third-order valence-electron chi connectivity index (χ3n) is 5.13. The Kier molecular flexibility index (Phi) is 9.28. The molecule has 3 aromatic carbocycles. The summed E-state index contributed by atoms with van der Waals surface area (Å²) in [5, 5.41) is 3.14. The highest BCUT2D eigenvalue weighted by atomic mass is 35.5. The van der Waals surface area contributed by atoms with Crippen LogP contribution in [0.3, 0.4) is 0 Å². The van der Waals surface area contributed by atoms with Crippen molar-refractivity contribution in [3.8, 4) is 0 Å². The number of hydrogen-bond donors (Lipinski definition) is 1. The van der Waals surface area contributed by atoms with E-state index in [1.807, 2.05) is 37.3 Å². The Morgan fingerprint density at radius 1 is 0.971 bits per heavy atom. The standard InChI is InChI=1S/C26H27ClN2O5S/c1-2-3-16-28-25(30)19-34-26(31)21-10-7-11-24(17-21)35(32,33)29(18-20-8-5-4-6-9-20)23-14-12-22(27)13-15-23/h4-15,17H,2-3,16,18-19H2,1H3,(H,28,30). The van der Waals surface area contributed by atoms with Gasteiger partial charge < -0.3 is 10.1 Å². The molecule has 184 valence electrons. The van der Waals surface area contributed by atoms with Gasteiger partial charge in [-0.1, -0.05) is 61.3 Å². The lowest BCUT2D eigenvalue weighted by Crippen LogP contribution is -2.31. The molecule has 1 N–H and O–H groups in total. The van der Waals surface area contributed by atoms with Gasteiger partial charge in [-0.2, -0.15) is 0 Å².